The van der Waals surface area contributed by atoms with E-state index in [2.05, 4.69) is 40.6 Å². The quantitative estimate of drug-likeness (QED) is 0.253. The van der Waals surface area contributed by atoms with Gasteiger partial charge in [0.15, 0.2) is 5.69 Å². The number of fused-ring (bicyclic) bond motifs is 2. The highest BCUT2D eigenvalue weighted by Gasteiger charge is 2.78. The second-order valence-electron chi connectivity index (χ2n) is 13.6. The van der Waals surface area contributed by atoms with Crippen LogP contribution in [-0.4, -0.2) is 88.7 Å². The normalized spacial score (nSPS) is 28.4. The predicted octanol–water partition coefficient (Wildman–Crippen LogP) is 1.90. The summed E-state index contributed by atoms with van der Waals surface area (Å²) in [5.41, 5.74) is 7.17. The number of halogens is 2. The lowest BCUT2D eigenvalue weighted by Gasteiger charge is -2.41. The van der Waals surface area contributed by atoms with Gasteiger partial charge in [0.25, 0.3) is 11.8 Å². The number of piperidine rings is 2. The highest BCUT2D eigenvalue weighted by atomic mass is 19.3. The first kappa shape index (κ1) is 30.5. The molecule has 3 aliphatic heterocycles. The molecule has 2 aliphatic carbocycles. The number of pyridine rings is 1. The fraction of sp³-hybridized carbons (Fsp3) is 0.562. The van der Waals surface area contributed by atoms with E-state index < -0.39 is 23.2 Å². The Labute approximate surface area is 265 Å². The second-order valence-corrected chi connectivity index (χ2v) is 13.6. The van der Waals surface area contributed by atoms with E-state index in [0.717, 1.165) is 56.9 Å². The third-order valence-corrected chi connectivity index (χ3v) is 10.7. The van der Waals surface area contributed by atoms with Gasteiger partial charge in [-0.05, 0) is 43.2 Å². The summed E-state index contributed by atoms with van der Waals surface area (Å²) in [6.45, 7) is 6.07. The molecule has 1 saturated carbocycles. The maximum atomic E-state index is 14.3. The number of aromatic nitrogens is 3. The van der Waals surface area contributed by atoms with Gasteiger partial charge >= 0.3 is 0 Å². The molecular weight excluding hydrogens is 596 g/mol. The highest BCUT2D eigenvalue weighted by molar-refractivity contribution is 6.01. The number of carbonyl (C=O) groups excluding carboxylic acids is 3. The largest absolute Gasteiger partial charge is 0.403 e. The van der Waals surface area contributed by atoms with Crippen LogP contribution >= 0.6 is 0 Å². The molecule has 3 unspecified atom stereocenters. The number of carbonyl (C=O) groups is 3. The Morgan fingerprint density at radius 1 is 1.22 bits per heavy atom. The minimum absolute atomic E-state index is 0.104. The molecule has 0 bridgehead atoms. The minimum atomic E-state index is -2.73. The van der Waals surface area contributed by atoms with Crippen LogP contribution in [0.5, 0.6) is 0 Å². The van der Waals surface area contributed by atoms with Gasteiger partial charge in [0.2, 0.25) is 11.8 Å². The fourth-order valence-electron chi connectivity index (χ4n) is 7.59. The highest BCUT2D eigenvalue weighted by Crippen LogP contribution is 2.70. The number of hydrogen-bond acceptors (Lipinski definition) is 9. The molecule has 7 rings (SSSR count). The number of amides is 3. The molecule has 2 aromatic rings. The number of likely N-dealkylation sites (tertiary alicyclic amines) is 1. The summed E-state index contributed by atoms with van der Waals surface area (Å²) in [4.78, 5) is 50.4. The molecule has 0 aromatic carbocycles. The molecule has 12 nitrogen and oxygen atoms in total. The van der Waals surface area contributed by atoms with Crippen molar-refractivity contribution in [3.05, 3.63) is 52.7 Å². The summed E-state index contributed by atoms with van der Waals surface area (Å²) < 4.78 is 28.5. The molecule has 3 saturated heterocycles. The molecule has 2 aromatic heterocycles. The monoisotopic (exact) mass is 635 g/mol. The molecule has 14 heteroatoms. The van der Waals surface area contributed by atoms with E-state index in [1.165, 1.54) is 6.20 Å². The van der Waals surface area contributed by atoms with E-state index >= 15 is 0 Å². The first-order valence-electron chi connectivity index (χ1n) is 16.0. The maximum Gasteiger partial charge on any atom is 0.276 e. The van der Waals surface area contributed by atoms with Crippen molar-refractivity contribution < 1.29 is 23.2 Å². The SMILES string of the molecule is CC12Cc3[nH]nc(C(=O)N/C(C=NC4CN(CC5CCN(c6ccc(C7CCC(=O)NC7=O)cn6)CC5)C4)=C/N)c3CC1C2(F)F. The molecule has 4 fully saturated rings. The topological polar surface area (TPSA) is 162 Å². The van der Waals surface area contributed by atoms with Crippen molar-refractivity contribution in [3.8, 4) is 0 Å². The van der Waals surface area contributed by atoms with Gasteiger partial charge in [0, 0.05) is 86.8 Å². The molecule has 3 atom stereocenters. The summed E-state index contributed by atoms with van der Waals surface area (Å²) in [6.07, 6.45) is 7.87. The van der Waals surface area contributed by atoms with Crippen molar-refractivity contribution in [2.24, 2.45) is 28.0 Å². The third kappa shape index (κ3) is 5.46. The second kappa shape index (κ2) is 11.6. The zero-order chi connectivity index (χ0) is 32.2. The third-order valence-electron chi connectivity index (χ3n) is 10.7. The number of nitrogens with one attached hydrogen (secondary N) is 3. The first-order valence-corrected chi connectivity index (χ1v) is 16.0. The van der Waals surface area contributed by atoms with E-state index in [4.69, 9.17) is 5.73 Å². The van der Waals surface area contributed by atoms with Crippen LogP contribution in [0, 0.1) is 17.3 Å². The minimum Gasteiger partial charge on any atom is -0.403 e. The lowest BCUT2D eigenvalue weighted by molar-refractivity contribution is -0.134. The number of hydrogen-bond donors (Lipinski definition) is 4. The Hall–Kier alpha value is -4.20. The number of nitrogens with two attached hydrogens (primary N) is 1. The van der Waals surface area contributed by atoms with Gasteiger partial charge in [-0.15, -0.1) is 0 Å². The van der Waals surface area contributed by atoms with Gasteiger partial charge in [-0.2, -0.15) is 5.10 Å². The Balaban J connectivity index is 0.836. The van der Waals surface area contributed by atoms with Gasteiger partial charge in [-0.1, -0.05) is 13.0 Å². The Morgan fingerprint density at radius 2 is 2.00 bits per heavy atom. The van der Waals surface area contributed by atoms with Crippen LogP contribution < -0.4 is 21.3 Å². The lowest BCUT2D eigenvalue weighted by atomic mass is 9.87. The predicted molar refractivity (Wildman–Crippen MR) is 165 cm³/mol. The van der Waals surface area contributed by atoms with Crippen molar-refractivity contribution in [2.75, 3.05) is 37.6 Å². The van der Waals surface area contributed by atoms with Crippen molar-refractivity contribution >= 4 is 29.8 Å². The molecule has 46 heavy (non-hydrogen) atoms. The van der Waals surface area contributed by atoms with Gasteiger partial charge in [0.1, 0.15) is 5.82 Å². The smallest absolute Gasteiger partial charge is 0.276 e. The Bertz CT molecular complexity index is 1590. The number of nitrogens with zero attached hydrogens (tertiary/aromatic N) is 5. The van der Waals surface area contributed by atoms with Crippen LogP contribution in [0.4, 0.5) is 14.6 Å². The van der Waals surface area contributed by atoms with Crippen LogP contribution in [-0.2, 0) is 22.4 Å². The van der Waals surface area contributed by atoms with Crippen LogP contribution in [0.25, 0.3) is 0 Å². The van der Waals surface area contributed by atoms with Crippen LogP contribution in [0.3, 0.4) is 0 Å². The Kier molecular flexibility index (Phi) is 7.65. The van der Waals surface area contributed by atoms with E-state index in [0.29, 0.717) is 35.7 Å². The van der Waals surface area contributed by atoms with E-state index in [1.807, 2.05) is 12.1 Å². The number of aliphatic imine (C=N–C) groups is 1. The Morgan fingerprint density at radius 3 is 2.70 bits per heavy atom. The number of alkyl halides is 2. The molecule has 0 radical (unpaired) electrons. The number of H-pyrrole nitrogens is 1. The molecule has 5 heterocycles. The van der Waals surface area contributed by atoms with Gasteiger partial charge < -0.3 is 16.0 Å². The molecule has 0 spiro atoms. The summed E-state index contributed by atoms with van der Waals surface area (Å²) >= 11 is 0. The maximum absolute atomic E-state index is 14.3. The summed E-state index contributed by atoms with van der Waals surface area (Å²) in [6, 6.07) is 4.02. The van der Waals surface area contributed by atoms with Crippen LogP contribution in [0.1, 0.15) is 65.8 Å². The number of imide groups is 1. The van der Waals surface area contributed by atoms with Crippen LogP contribution in [0.2, 0.25) is 0 Å². The molecule has 5 N–H and O–H groups in total. The molecule has 5 aliphatic rings. The van der Waals surface area contributed by atoms with E-state index in [-0.39, 0.29) is 42.3 Å². The summed E-state index contributed by atoms with van der Waals surface area (Å²) in [5.74, 6) is -3.29. The van der Waals surface area contributed by atoms with E-state index in [9.17, 15) is 23.2 Å². The van der Waals surface area contributed by atoms with Crippen molar-refractivity contribution in [1.82, 2.24) is 30.7 Å². The van der Waals surface area contributed by atoms with Gasteiger partial charge in [0.05, 0.1) is 17.7 Å². The number of rotatable bonds is 8. The first-order chi connectivity index (χ1) is 22.1. The number of anilines is 1. The van der Waals surface area contributed by atoms with Gasteiger partial charge in [-0.3, -0.25) is 34.7 Å². The van der Waals surface area contributed by atoms with Crippen molar-refractivity contribution in [1.29, 1.82) is 0 Å². The standard InChI is InChI=1S/C32H39F2N9O3/c1-31-11-24-23(10-25(31)32(31,33)34)28(41-40-24)30(46)38-20(12-35)14-36-21-16-42(17-21)15-18-6-8-43(9-7-18)26-4-2-19(13-37-26)22-3-5-27(44)39-29(22)45/h2,4,12-14,18,21-22,25H,3,5-11,15-17,35H2,1H3,(H,38,46)(H,40,41)(H,39,44,45)/b20-12+,36-14?. The summed E-state index contributed by atoms with van der Waals surface area (Å²) in [7, 11) is 0. The number of allylic oxidation sites excluding steroid dienone is 1. The van der Waals surface area contributed by atoms with Gasteiger partial charge in [-0.25, -0.2) is 13.8 Å². The molecule has 244 valence electrons. The molecular formula is C32H39F2N9O3. The lowest BCUT2D eigenvalue weighted by Crippen LogP contribution is -2.52. The number of aromatic amines is 1. The van der Waals surface area contributed by atoms with Crippen molar-refractivity contribution in [3.63, 3.8) is 0 Å². The van der Waals surface area contributed by atoms with Crippen LogP contribution in [0.15, 0.2) is 35.2 Å². The summed E-state index contributed by atoms with van der Waals surface area (Å²) in [5, 5.41) is 12.0. The van der Waals surface area contributed by atoms with E-state index in [1.54, 1.807) is 19.3 Å². The zero-order valence-electron chi connectivity index (χ0n) is 25.8. The fourth-order valence-corrected chi connectivity index (χ4v) is 7.59. The average Bonchev–Trinajstić information content (AvgIpc) is 3.26. The average molecular weight is 636 g/mol. The molecule has 3 amide bonds. The van der Waals surface area contributed by atoms with Crippen molar-refractivity contribution in [2.45, 2.75) is 63.3 Å². The zero-order valence-corrected chi connectivity index (χ0v) is 25.8.